The number of thioether (sulfide) groups is 1. The number of methoxy groups -OCH3 is 1. The number of carbonyl (C=O) groups is 1. The van der Waals surface area contributed by atoms with Gasteiger partial charge in [0.1, 0.15) is 5.75 Å². The summed E-state index contributed by atoms with van der Waals surface area (Å²) in [4.78, 5) is 20.0. The second kappa shape index (κ2) is 7.49. The largest absolute Gasteiger partial charge is 0.497 e. The Kier molecular flexibility index (Phi) is 5.37. The molecule has 0 saturated carbocycles. The maximum absolute atomic E-state index is 11.8. The van der Waals surface area contributed by atoms with Gasteiger partial charge in [0.25, 0.3) is 0 Å². The first kappa shape index (κ1) is 14.3. The molecule has 0 aliphatic rings. The van der Waals surface area contributed by atoms with Crippen molar-refractivity contribution in [3.05, 3.63) is 42.7 Å². The highest BCUT2D eigenvalue weighted by molar-refractivity contribution is 7.99. The zero-order valence-corrected chi connectivity index (χ0v) is 11.9. The second-order valence-corrected chi connectivity index (χ2v) is 4.97. The lowest BCUT2D eigenvalue weighted by molar-refractivity contribution is -0.115. The third-order valence-corrected chi connectivity index (χ3v) is 3.33. The highest BCUT2D eigenvalue weighted by atomic mass is 32.2. The van der Waals surface area contributed by atoms with Crippen LogP contribution in [-0.4, -0.2) is 28.7 Å². The molecule has 1 aromatic heterocycles. The van der Waals surface area contributed by atoms with Gasteiger partial charge in [-0.25, -0.2) is 9.97 Å². The van der Waals surface area contributed by atoms with Crippen molar-refractivity contribution in [2.24, 2.45) is 0 Å². The molecule has 0 spiro atoms. The van der Waals surface area contributed by atoms with E-state index in [-0.39, 0.29) is 5.91 Å². The van der Waals surface area contributed by atoms with Crippen molar-refractivity contribution in [1.82, 2.24) is 9.97 Å². The molecule has 1 aromatic carbocycles. The van der Waals surface area contributed by atoms with E-state index in [2.05, 4.69) is 15.3 Å². The van der Waals surface area contributed by atoms with E-state index in [0.29, 0.717) is 17.3 Å². The smallest absolute Gasteiger partial charge is 0.225 e. The van der Waals surface area contributed by atoms with E-state index in [0.717, 1.165) is 11.4 Å². The molecular formula is C14H15N3O2S. The number of nitrogens with zero attached hydrogens (tertiary/aromatic N) is 2. The SMILES string of the molecule is COc1cccc(NC(=O)CCSc2ncccn2)c1. The fourth-order valence-corrected chi connectivity index (χ4v) is 2.26. The van der Waals surface area contributed by atoms with E-state index < -0.39 is 0 Å². The van der Waals surface area contributed by atoms with Crippen LogP contribution in [0.25, 0.3) is 0 Å². The van der Waals surface area contributed by atoms with Gasteiger partial charge in [0.15, 0.2) is 5.16 Å². The summed E-state index contributed by atoms with van der Waals surface area (Å²) in [6, 6.07) is 9.04. The van der Waals surface area contributed by atoms with E-state index in [9.17, 15) is 4.79 Å². The standard InChI is InChI=1S/C14H15N3O2S/c1-19-12-5-2-4-11(10-12)17-13(18)6-9-20-14-15-7-3-8-16-14/h2-5,7-8,10H,6,9H2,1H3,(H,17,18). The number of benzene rings is 1. The minimum atomic E-state index is -0.0401. The second-order valence-electron chi connectivity index (χ2n) is 3.91. The summed E-state index contributed by atoms with van der Waals surface area (Å²) in [5, 5.41) is 3.51. The van der Waals surface area contributed by atoms with E-state index in [1.807, 2.05) is 18.2 Å². The van der Waals surface area contributed by atoms with Crippen molar-refractivity contribution >= 4 is 23.4 Å². The molecule has 5 nitrogen and oxygen atoms in total. The summed E-state index contributed by atoms with van der Waals surface area (Å²) in [7, 11) is 1.59. The fourth-order valence-electron chi connectivity index (χ4n) is 1.52. The molecule has 0 atom stereocenters. The molecule has 1 amide bonds. The third-order valence-electron chi connectivity index (χ3n) is 2.46. The molecule has 2 aromatic rings. The van der Waals surface area contributed by atoms with Crippen LogP contribution >= 0.6 is 11.8 Å². The number of hydrogen-bond donors (Lipinski definition) is 1. The zero-order chi connectivity index (χ0) is 14.2. The van der Waals surface area contributed by atoms with Crippen molar-refractivity contribution in [1.29, 1.82) is 0 Å². The number of nitrogens with one attached hydrogen (secondary N) is 1. The number of rotatable bonds is 6. The number of anilines is 1. The topological polar surface area (TPSA) is 64.1 Å². The van der Waals surface area contributed by atoms with Crippen molar-refractivity contribution in [2.45, 2.75) is 11.6 Å². The summed E-state index contributed by atoms with van der Waals surface area (Å²) in [5.74, 6) is 1.32. The van der Waals surface area contributed by atoms with Crippen molar-refractivity contribution < 1.29 is 9.53 Å². The monoisotopic (exact) mass is 289 g/mol. The van der Waals surface area contributed by atoms with E-state index >= 15 is 0 Å². The van der Waals surface area contributed by atoms with Gasteiger partial charge in [0.2, 0.25) is 5.91 Å². The first-order valence-corrected chi connectivity index (χ1v) is 7.10. The maximum atomic E-state index is 11.8. The Bertz CT molecular complexity index is 563. The van der Waals surface area contributed by atoms with Crippen LogP contribution in [0.5, 0.6) is 5.75 Å². The van der Waals surface area contributed by atoms with E-state index in [4.69, 9.17) is 4.74 Å². The molecule has 1 heterocycles. The Hall–Kier alpha value is -2.08. The Morgan fingerprint density at radius 1 is 1.30 bits per heavy atom. The zero-order valence-electron chi connectivity index (χ0n) is 11.1. The molecular weight excluding hydrogens is 274 g/mol. The van der Waals surface area contributed by atoms with Crippen LogP contribution < -0.4 is 10.1 Å². The van der Waals surface area contributed by atoms with Crippen molar-refractivity contribution in [2.75, 3.05) is 18.2 Å². The van der Waals surface area contributed by atoms with Crippen LogP contribution in [0.1, 0.15) is 6.42 Å². The molecule has 0 bridgehead atoms. The highest BCUT2D eigenvalue weighted by Gasteiger charge is 2.04. The molecule has 20 heavy (non-hydrogen) atoms. The third kappa shape index (κ3) is 4.55. The molecule has 0 unspecified atom stereocenters. The molecule has 0 radical (unpaired) electrons. The molecule has 1 N–H and O–H groups in total. The predicted octanol–water partition coefficient (Wildman–Crippen LogP) is 2.61. The Morgan fingerprint density at radius 2 is 2.10 bits per heavy atom. The van der Waals surface area contributed by atoms with Gasteiger partial charge < -0.3 is 10.1 Å². The number of aromatic nitrogens is 2. The molecule has 6 heteroatoms. The van der Waals surface area contributed by atoms with Crippen LogP contribution in [0.4, 0.5) is 5.69 Å². The van der Waals surface area contributed by atoms with E-state index in [1.165, 1.54) is 11.8 Å². The Morgan fingerprint density at radius 3 is 2.85 bits per heavy atom. The Balaban J connectivity index is 1.77. The van der Waals surface area contributed by atoms with Gasteiger partial charge in [-0.2, -0.15) is 0 Å². The number of hydrogen-bond acceptors (Lipinski definition) is 5. The average Bonchev–Trinajstić information content (AvgIpc) is 2.48. The Labute approximate surface area is 121 Å². The van der Waals surface area contributed by atoms with Crippen LogP contribution in [0.15, 0.2) is 47.9 Å². The van der Waals surface area contributed by atoms with Gasteiger partial charge in [0.05, 0.1) is 7.11 Å². The summed E-state index contributed by atoms with van der Waals surface area (Å²) >= 11 is 1.46. The van der Waals surface area contributed by atoms with Crippen LogP contribution in [0.2, 0.25) is 0 Å². The normalized spacial score (nSPS) is 10.1. The first-order valence-electron chi connectivity index (χ1n) is 6.11. The lowest BCUT2D eigenvalue weighted by Gasteiger charge is -2.06. The molecule has 104 valence electrons. The molecule has 2 rings (SSSR count). The lowest BCUT2D eigenvalue weighted by Crippen LogP contribution is -2.12. The first-order chi connectivity index (χ1) is 9.78. The highest BCUT2D eigenvalue weighted by Crippen LogP contribution is 2.17. The van der Waals surface area contributed by atoms with Crippen LogP contribution in [0.3, 0.4) is 0 Å². The summed E-state index contributed by atoms with van der Waals surface area (Å²) < 4.78 is 5.10. The number of carbonyl (C=O) groups excluding carboxylic acids is 1. The van der Waals surface area contributed by atoms with Gasteiger partial charge in [0, 0.05) is 36.3 Å². The number of amides is 1. The van der Waals surface area contributed by atoms with Gasteiger partial charge in [-0.05, 0) is 18.2 Å². The molecule has 0 aliphatic carbocycles. The number of ether oxygens (including phenoxy) is 1. The van der Waals surface area contributed by atoms with Crippen molar-refractivity contribution in [3.8, 4) is 5.75 Å². The van der Waals surface area contributed by atoms with Gasteiger partial charge in [-0.1, -0.05) is 17.8 Å². The lowest BCUT2D eigenvalue weighted by atomic mass is 10.3. The average molecular weight is 289 g/mol. The molecule has 0 saturated heterocycles. The van der Waals surface area contributed by atoms with Gasteiger partial charge >= 0.3 is 0 Å². The predicted molar refractivity (Wildman–Crippen MR) is 79.0 cm³/mol. The molecule has 0 aliphatic heterocycles. The minimum absolute atomic E-state index is 0.0401. The van der Waals surface area contributed by atoms with Gasteiger partial charge in [-0.3, -0.25) is 4.79 Å². The quantitative estimate of drug-likeness (QED) is 0.654. The molecule has 0 fully saturated rings. The summed E-state index contributed by atoms with van der Waals surface area (Å²) in [6.07, 6.45) is 3.78. The summed E-state index contributed by atoms with van der Waals surface area (Å²) in [6.45, 7) is 0. The van der Waals surface area contributed by atoms with Crippen molar-refractivity contribution in [3.63, 3.8) is 0 Å². The van der Waals surface area contributed by atoms with Gasteiger partial charge in [-0.15, -0.1) is 0 Å². The van der Waals surface area contributed by atoms with E-state index in [1.54, 1.807) is 31.6 Å². The van der Waals surface area contributed by atoms with Crippen LogP contribution in [0, 0.1) is 0 Å². The maximum Gasteiger partial charge on any atom is 0.225 e. The minimum Gasteiger partial charge on any atom is -0.497 e. The fraction of sp³-hybridized carbons (Fsp3) is 0.214. The van der Waals surface area contributed by atoms with Crippen LogP contribution in [-0.2, 0) is 4.79 Å². The summed E-state index contributed by atoms with van der Waals surface area (Å²) in [5.41, 5.74) is 0.732.